The molecule has 0 radical (unpaired) electrons. The van der Waals surface area contributed by atoms with Crippen LogP contribution in [0.2, 0.25) is 0 Å². The number of aryl methyl sites for hydroxylation is 1. The summed E-state index contributed by atoms with van der Waals surface area (Å²) in [7, 11) is 0. The molecule has 0 bridgehead atoms. The van der Waals surface area contributed by atoms with Crippen LogP contribution in [-0.2, 0) is 0 Å². The van der Waals surface area contributed by atoms with E-state index in [4.69, 9.17) is 0 Å². The van der Waals surface area contributed by atoms with Gasteiger partial charge >= 0.3 is 5.69 Å². The molecule has 21 heavy (non-hydrogen) atoms. The summed E-state index contributed by atoms with van der Waals surface area (Å²) in [5.74, 6) is 0.760. The number of rotatable bonds is 6. The van der Waals surface area contributed by atoms with Crippen LogP contribution < -0.4 is 10.6 Å². The highest BCUT2D eigenvalue weighted by molar-refractivity contribution is 7.99. The van der Waals surface area contributed by atoms with E-state index < -0.39 is 4.92 Å². The SMILES string of the molecule is CCNc1nc(C)c([N+](=O)[O-])c(NC2CCCC2SC)n1. The van der Waals surface area contributed by atoms with Crippen molar-refractivity contribution in [2.24, 2.45) is 0 Å². The summed E-state index contributed by atoms with van der Waals surface area (Å²) < 4.78 is 0. The van der Waals surface area contributed by atoms with Gasteiger partial charge in [0.1, 0.15) is 5.69 Å². The summed E-state index contributed by atoms with van der Waals surface area (Å²) in [6.07, 6.45) is 5.37. The van der Waals surface area contributed by atoms with Crippen LogP contribution in [0.5, 0.6) is 0 Å². The summed E-state index contributed by atoms with van der Waals surface area (Å²) in [4.78, 5) is 19.3. The zero-order chi connectivity index (χ0) is 15.4. The lowest BCUT2D eigenvalue weighted by molar-refractivity contribution is -0.385. The smallest absolute Gasteiger partial charge is 0.332 e. The Morgan fingerprint density at radius 1 is 1.43 bits per heavy atom. The predicted molar refractivity (Wildman–Crippen MR) is 86.2 cm³/mol. The van der Waals surface area contributed by atoms with Crippen molar-refractivity contribution >= 4 is 29.2 Å². The summed E-state index contributed by atoms with van der Waals surface area (Å²) in [6.45, 7) is 4.26. The predicted octanol–water partition coefficient (Wildman–Crippen LogP) is 2.82. The standard InChI is InChI=1S/C13H21N5O2S/c1-4-14-13-15-8(2)11(18(19)20)12(17-13)16-9-6-5-7-10(9)21-3/h9-10H,4-7H2,1-3H3,(H2,14,15,16,17). The highest BCUT2D eigenvalue weighted by Gasteiger charge is 2.30. The van der Waals surface area contributed by atoms with Crippen molar-refractivity contribution in [3.63, 3.8) is 0 Å². The molecule has 1 aromatic heterocycles. The van der Waals surface area contributed by atoms with Crippen LogP contribution in [0.3, 0.4) is 0 Å². The highest BCUT2D eigenvalue weighted by Crippen LogP contribution is 2.34. The van der Waals surface area contributed by atoms with Crippen LogP contribution in [0.1, 0.15) is 31.9 Å². The largest absolute Gasteiger partial charge is 0.360 e. The van der Waals surface area contributed by atoms with E-state index in [1.165, 1.54) is 0 Å². The number of nitro groups is 1. The van der Waals surface area contributed by atoms with Gasteiger partial charge in [-0.3, -0.25) is 10.1 Å². The van der Waals surface area contributed by atoms with Crippen molar-refractivity contribution < 1.29 is 4.92 Å². The van der Waals surface area contributed by atoms with E-state index >= 15 is 0 Å². The van der Waals surface area contributed by atoms with E-state index in [0.717, 1.165) is 19.3 Å². The molecular weight excluding hydrogens is 290 g/mol. The number of thioether (sulfide) groups is 1. The molecule has 1 aliphatic rings. The van der Waals surface area contributed by atoms with Gasteiger partial charge in [-0.05, 0) is 32.9 Å². The van der Waals surface area contributed by atoms with Gasteiger partial charge in [0.2, 0.25) is 11.8 Å². The Morgan fingerprint density at radius 2 is 2.19 bits per heavy atom. The molecule has 0 amide bonds. The summed E-state index contributed by atoms with van der Waals surface area (Å²) in [5.41, 5.74) is 0.357. The normalized spacial score (nSPS) is 21.3. The average molecular weight is 311 g/mol. The fourth-order valence-corrected chi connectivity index (χ4v) is 3.61. The zero-order valence-corrected chi connectivity index (χ0v) is 13.4. The second kappa shape index (κ2) is 6.93. The Balaban J connectivity index is 2.32. The van der Waals surface area contributed by atoms with Crippen LogP contribution in [0.4, 0.5) is 17.5 Å². The quantitative estimate of drug-likeness (QED) is 0.616. The van der Waals surface area contributed by atoms with E-state index in [9.17, 15) is 10.1 Å². The molecule has 1 aliphatic carbocycles. The number of nitrogens with zero attached hydrogens (tertiary/aromatic N) is 3. The molecule has 1 heterocycles. The monoisotopic (exact) mass is 311 g/mol. The van der Waals surface area contributed by atoms with Crippen molar-refractivity contribution in [3.05, 3.63) is 15.8 Å². The van der Waals surface area contributed by atoms with Crippen LogP contribution in [0.15, 0.2) is 0 Å². The first-order chi connectivity index (χ1) is 10.1. The molecule has 0 spiro atoms. The Kier molecular flexibility index (Phi) is 5.22. The lowest BCUT2D eigenvalue weighted by atomic mass is 10.2. The Morgan fingerprint density at radius 3 is 2.81 bits per heavy atom. The highest BCUT2D eigenvalue weighted by atomic mass is 32.2. The van der Waals surface area contributed by atoms with Gasteiger partial charge in [-0.1, -0.05) is 6.42 Å². The van der Waals surface area contributed by atoms with Gasteiger partial charge in [0.25, 0.3) is 0 Å². The minimum absolute atomic E-state index is 0.0246. The molecular formula is C13H21N5O2S. The number of anilines is 2. The van der Waals surface area contributed by atoms with Gasteiger partial charge in [-0.15, -0.1) is 0 Å². The van der Waals surface area contributed by atoms with Gasteiger partial charge < -0.3 is 10.6 Å². The third-order valence-corrected chi connectivity index (χ3v) is 4.82. The van der Waals surface area contributed by atoms with E-state index in [-0.39, 0.29) is 11.7 Å². The van der Waals surface area contributed by atoms with Crippen LogP contribution in [0.25, 0.3) is 0 Å². The minimum Gasteiger partial charge on any atom is -0.360 e. The van der Waals surface area contributed by atoms with E-state index in [1.54, 1.807) is 18.7 Å². The molecule has 2 unspecified atom stereocenters. The van der Waals surface area contributed by atoms with Crippen LogP contribution in [-0.4, -0.2) is 39.0 Å². The molecule has 0 saturated heterocycles. The van der Waals surface area contributed by atoms with Gasteiger partial charge in [0, 0.05) is 17.8 Å². The average Bonchev–Trinajstić information content (AvgIpc) is 2.85. The van der Waals surface area contributed by atoms with Gasteiger partial charge in [-0.2, -0.15) is 16.7 Å². The second-order valence-corrected chi connectivity index (χ2v) is 6.15. The molecule has 116 valence electrons. The third-order valence-electron chi connectivity index (χ3n) is 3.65. The first-order valence-corrected chi connectivity index (χ1v) is 8.41. The van der Waals surface area contributed by atoms with Gasteiger partial charge in [0.15, 0.2) is 0 Å². The molecule has 0 aliphatic heterocycles. The zero-order valence-electron chi connectivity index (χ0n) is 12.5. The fraction of sp³-hybridized carbons (Fsp3) is 0.692. The van der Waals surface area contributed by atoms with Crippen molar-refractivity contribution in [3.8, 4) is 0 Å². The molecule has 2 rings (SSSR count). The third kappa shape index (κ3) is 3.55. The number of nitrogens with one attached hydrogen (secondary N) is 2. The van der Waals surface area contributed by atoms with Crippen molar-refractivity contribution in [2.75, 3.05) is 23.4 Å². The van der Waals surface area contributed by atoms with Gasteiger partial charge in [0.05, 0.1) is 4.92 Å². The number of hydrogen-bond donors (Lipinski definition) is 2. The maximum Gasteiger partial charge on any atom is 0.332 e. The molecule has 1 fully saturated rings. The topological polar surface area (TPSA) is 93.0 Å². The lowest BCUT2D eigenvalue weighted by Crippen LogP contribution is -2.27. The van der Waals surface area contributed by atoms with Crippen molar-refractivity contribution in [1.29, 1.82) is 0 Å². The molecule has 1 aromatic rings. The minimum atomic E-state index is -0.406. The Bertz CT molecular complexity index is 526. The van der Waals surface area contributed by atoms with Crippen molar-refractivity contribution in [1.82, 2.24) is 9.97 Å². The first-order valence-electron chi connectivity index (χ1n) is 7.13. The molecule has 2 N–H and O–H groups in total. The molecule has 1 saturated carbocycles. The maximum atomic E-state index is 11.3. The first kappa shape index (κ1) is 15.8. The summed E-state index contributed by atoms with van der Waals surface area (Å²) in [6, 6.07) is 0.225. The second-order valence-electron chi connectivity index (χ2n) is 5.07. The molecule has 0 aromatic carbocycles. The molecule has 2 atom stereocenters. The van der Waals surface area contributed by atoms with Crippen LogP contribution in [0, 0.1) is 17.0 Å². The van der Waals surface area contributed by atoms with Gasteiger partial charge in [-0.25, -0.2) is 4.98 Å². The number of aromatic nitrogens is 2. The van der Waals surface area contributed by atoms with Crippen molar-refractivity contribution in [2.45, 2.75) is 44.4 Å². The van der Waals surface area contributed by atoms with Crippen LogP contribution >= 0.6 is 11.8 Å². The van der Waals surface area contributed by atoms with E-state index in [0.29, 0.717) is 29.3 Å². The van der Waals surface area contributed by atoms with E-state index in [2.05, 4.69) is 26.9 Å². The Hall–Kier alpha value is -1.57. The number of hydrogen-bond acceptors (Lipinski definition) is 7. The fourth-order valence-electron chi connectivity index (χ4n) is 2.67. The molecule has 8 heteroatoms. The maximum absolute atomic E-state index is 11.3. The molecule has 7 nitrogen and oxygen atoms in total. The Labute approximate surface area is 128 Å². The summed E-state index contributed by atoms with van der Waals surface area (Å²) in [5, 5.41) is 18.1. The lowest BCUT2D eigenvalue weighted by Gasteiger charge is -2.20. The summed E-state index contributed by atoms with van der Waals surface area (Å²) >= 11 is 1.80. The van der Waals surface area contributed by atoms with E-state index in [1.807, 2.05) is 6.92 Å².